The molecule has 2 aromatic rings. The molecule has 0 fully saturated rings. The van der Waals surface area contributed by atoms with E-state index >= 15 is 0 Å². The quantitative estimate of drug-likeness (QED) is 0.454. The van der Waals surface area contributed by atoms with Gasteiger partial charge in [0.1, 0.15) is 11.7 Å². The number of halogens is 1. The lowest BCUT2D eigenvalue weighted by Gasteiger charge is -2.06. The molecule has 0 aliphatic carbocycles. The fourth-order valence-electron chi connectivity index (χ4n) is 1.88. The number of carbonyl (C=O) groups is 1. The number of amides is 1. The first-order chi connectivity index (χ1) is 11.4. The minimum absolute atomic E-state index is 0.219. The van der Waals surface area contributed by atoms with Gasteiger partial charge < -0.3 is 15.9 Å². The topological polar surface area (TPSA) is 89.6 Å². The van der Waals surface area contributed by atoms with Crippen molar-refractivity contribution >= 4 is 23.1 Å². The summed E-state index contributed by atoms with van der Waals surface area (Å²) in [4.78, 5) is 20.8. The Balaban J connectivity index is 1.72. The molecule has 0 saturated heterocycles. The van der Waals surface area contributed by atoms with E-state index in [-0.39, 0.29) is 30.7 Å². The molecule has 128 valence electrons. The SMILES string of the molecule is Cc1nc(C/C(N)=N/OCC(=O)NCc2ccc(C)c(F)c2)cs1. The minimum atomic E-state index is -0.364. The number of carbonyl (C=O) groups excluding carboxylic acids is 1. The van der Waals surface area contributed by atoms with Gasteiger partial charge in [-0.25, -0.2) is 9.37 Å². The maximum absolute atomic E-state index is 13.4. The van der Waals surface area contributed by atoms with Gasteiger partial charge in [-0.2, -0.15) is 0 Å². The number of benzene rings is 1. The van der Waals surface area contributed by atoms with Gasteiger partial charge in [0, 0.05) is 11.9 Å². The molecule has 3 N–H and O–H groups in total. The molecule has 0 saturated carbocycles. The van der Waals surface area contributed by atoms with Crippen LogP contribution in [0.25, 0.3) is 0 Å². The molecule has 1 heterocycles. The van der Waals surface area contributed by atoms with E-state index < -0.39 is 0 Å². The van der Waals surface area contributed by atoms with Gasteiger partial charge in [-0.1, -0.05) is 17.3 Å². The number of aromatic nitrogens is 1. The van der Waals surface area contributed by atoms with Gasteiger partial charge in [-0.05, 0) is 31.0 Å². The first-order valence-corrected chi connectivity index (χ1v) is 8.19. The zero-order valence-electron chi connectivity index (χ0n) is 13.5. The Kier molecular flexibility index (Phi) is 6.25. The number of hydrogen-bond acceptors (Lipinski definition) is 5. The van der Waals surface area contributed by atoms with Crippen molar-refractivity contribution in [2.24, 2.45) is 10.9 Å². The lowest BCUT2D eigenvalue weighted by atomic mass is 10.1. The van der Waals surface area contributed by atoms with E-state index in [1.807, 2.05) is 12.3 Å². The van der Waals surface area contributed by atoms with Crippen LogP contribution in [-0.4, -0.2) is 23.3 Å². The number of nitrogens with two attached hydrogens (primary N) is 1. The zero-order valence-corrected chi connectivity index (χ0v) is 14.3. The van der Waals surface area contributed by atoms with Crippen LogP contribution in [0.3, 0.4) is 0 Å². The second-order valence-corrected chi connectivity index (χ2v) is 6.31. The second kappa shape index (κ2) is 8.39. The number of rotatable bonds is 7. The maximum atomic E-state index is 13.4. The molecule has 0 unspecified atom stereocenters. The van der Waals surface area contributed by atoms with E-state index in [9.17, 15) is 9.18 Å². The Morgan fingerprint density at radius 1 is 1.46 bits per heavy atom. The Labute approximate surface area is 143 Å². The summed E-state index contributed by atoms with van der Waals surface area (Å²) in [5.41, 5.74) is 7.76. The van der Waals surface area contributed by atoms with E-state index in [4.69, 9.17) is 10.6 Å². The third kappa shape index (κ3) is 5.62. The second-order valence-electron chi connectivity index (χ2n) is 5.25. The molecule has 0 atom stereocenters. The molecule has 0 spiro atoms. The van der Waals surface area contributed by atoms with Crippen molar-refractivity contribution in [2.45, 2.75) is 26.8 Å². The summed E-state index contributed by atoms with van der Waals surface area (Å²) in [6.45, 7) is 3.55. The van der Waals surface area contributed by atoms with Crippen LogP contribution in [0.1, 0.15) is 21.8 Å². The Morgan fingerprint density at radius 2 is 2.25 bits per heavy atom. The number of nitrogens with one attached hydrogen (secondary N) is 1. The molecule has 6 nitrogen and oxygen atoms in total. The van der Waals surface area contributed by atoms with Crippen LogP contribution >= 0.6 is 11.3 Å². The molecule has 0 aliphatic rings. The van der Waals surface area contributed by atoms with Crippen LogP contribution in [0.15, 0.2) is 28.7 Å². The molecule has 1 aromatic carbocycles. The molecular formula is C16H19FN4O2S. The van der Waals surface area contributed by atoms with Crippen LogP contribution in [0.4, 0.5) is 4.39 Å². The van der Waals surface area contributed by atoms with Crippen molar-refractivity contribution in [1.29, 1.82) is 0 Å². The van der Waals surface area contributed by atoms with E-state index in [0.29, 0.717) is 17.5 Å². The smallest absolute Gasteiger partial charge is 0.261 e. The maximum Gasteiger partial charge on any atom is 0.261 e. The molecule has 0 radical (unpaired) electrons. The number of hydrogen-bond donors (Lipinski definition) is 2. The van der Waals surface area contributed by atoms with Gasteiger partial charge >= 0.3 is 0 Å². The average Bonchev–Trinajstić information content (AvgIpc) is 2.93. The van der Waals surface area contributed by atoms with E-state index in [0.717, 1.165) is 10.7 Å². The molecule has 24 heavy (non-hydrogen) atoms. The van der Waals surface area contributed by atoms with E-state index in [2.05, 4.69) is 15.5 Å². The first-order valence-electron chi connectivity index (χ1n) is 7.31. The van der Waals surface area contributed by atoms with Crippen LogP contribution in [0.2, 0.25) is 0 Å². The number of nitrogens with zero attached hydrogens (tertiary/aromatic N) is 2. The van der Waals surface area contributed by atoms with Gasteiger partial charge in [0.2, 0.25) is 0 Å². The van der Waals surface area contributed by atoms with Crippen molar-refractivity contribution in [3.8, 4) is 0 Å². The molecule has 1 aromatic heterocycles. The van der Waals surface area contributed by atoms with Crippen LogP contribution in [-0.2, 0) is 22.6 Å². The van der Waals surface area contributed by atoms with Crippen molar-refractivity contribution in [3.05, 3.63) is 51.2 Å². The van der Waals surface area contributed by atoms with Crippen molar-refractivity contribution in [3.63, 3.8) is 0 Å². The summed E-state index contributed by atoms with van der Waals surface area (Å²) in [6.07, 6.45) is 0.370. The molecular weight excluding hydrogens is 331 g/mol. The van der Waals surface area contributed by atoms with Crippen molar-refractivity contribution in [2.75, 3.05) is 6.61 Å². The summed E-state index contributed by atoms with van der Waals surface area (Å²) in [6, 6.07) is 4.81. The third-order valence-electron chi connectivity index (χ3n) is 3.13. The first kappa shape index (κ1) is 17.9. The molecule has 0 aliphatic heterocycles. The fourth-order valence-corrected chi connectivity index (χ4v) is 2.49. The number of thiazole rings is 1. The highest BCUT2D eigenvalue weighted by Gasteiger charge is 2.05. The highest BCUT2D eigenvalue weighted by atomic mass is 32.1. The predicted octanol–water partition coefficient (Wildman–Crippen LogP) is 2.05. The van der Waals surface area contributed by atoms with Crippen molar-refractivity contribution in [1.82, 2.24) is 10.3 Å². The standard InChI is InChI=1S/C16H19FN4O2S/c1-10-3-4-12(5-14(10)17)7-19-16(22)8-23-21-15(18)6-13-9-24-11(2)20-13/h3-5,9H,6-8H2,1-2H3,(H2,18,21)(H,19,22). The summed E-state index contributed by atoms with van der Waals surface area (Å²) in [5.74, 6) is -0.418. The van der Waals surface area contributed by atoms with Crippen LogP contribution < -0.4 is 11.1 Å². The van der Waals surface area contributed by atoms with Gasteiger partial charge in [-0.3, -0.25) is 4.79 Å². The minimum Gasteiger partial charge on any atom is -0.384 e. The Hall–Kier alpha value is -2.48. The highest BCUT2D eigenvalue weighted by molar-refractivity contribution is 7.09. The normalized spacial score (nSPS) is 11.4. The highest BCUT2D eigenvalue weighted by Crippen LogP contribution is 2.09. The van der Waals surface area contributed by atoms with Crippen LogP contribution in [0, 0.1) is 19.7 Å². The predicted molar refractivity (Wildman–Crippen MR) is 91.1 cm³/mol. The van der Waals surface area contributed by atoms with Gasteiger partial charge in [-0.15, -0.1) is 11.3 Å². The lowest BCUT2D eigenvalue weighted by Crippen LogP contribution is -2.27. The number of oxime groups is 1. The third-order valence-corrected chi connectivity index (χ3v) is 3.95. The van der Waals surface area contributed by atoms with Crippen LogP contribution in [0.5, 0.6) is 0 Å². The van der Waals surface area contributed by atoms with E-state index in [1.165, 1.54) is 17.4 Å². The summed E-state index contributed by atoms with van der Waals surface area (Å²) in [7, 11) is 0. The summed E-state index contributed by atoms with van der Waals surface area (Å²) in [5, 5.41) is 9.15. The molecule has 1 amide bonds. The van der Waals surface area contributed by atoms with Gasteiger partial charge in [0.15, 0.2) is 6.61 Å². The van der Waals surface area contributed by atoms with E-state index in [1.54, 1.807) is 19.1 Å². The largest absolute Gasteiger partial charge is 0.384 e. The number of amidine groups is 1. The summed E-state index contributed by atoms with van der Waals surface area (Å²) < 4.78 is 13.4. The van der Waals surface area contributed by atoms with Gasteiger partial charge in [0.25, 0.3) is 5.91 Å². The lowest BCUT2D eigenvalue weighted by molar-refractivity contribution is -0.125. The molecule has 8 heteroatoms. The molecule has 2 rings (SSSR count). The Morgan fingerprint density at radius 3 is 2.92 bits per heavy atom. The monoisotopic (exact) mass is 350 g/mol. The van der Waals surface area contributed by atoms with Crippen molar-refractivity contribution < 1.29 is 14.0 Å². The molecule has 0 bridgehead atoms. The zero-order chi connectivity index (χ0) is 17.5. The number of aryl methyl sites for hydroxylation is 2. The van der Waals surface area contributed by atoms with Gasteiger partial charge in [0.05, 0.1) is 17.1 Å². The fraction of sp³-hybridized carbons (Fsp3) is 0.312. The Bertz CT molecular complexity index is 745. The summed E-state index contributed by atoms with van der Waals surface area (Å²) >= 11 is 1.53. The average molecular weight is 350 g/mol.